The Labute approximate surface area is 122 Å². The van der Waals surface area contributed by atoms with Gasteiger partial charge in [-0.2, -0.15) is 14.7 Å². The van der Waals surface area contributed by atoms with Crippen LogP contribution in [0.5, 0.6) is 0 Å². The fourth-order valence-electron chi connectivity index (χ4n) is 2.06. The van der Waals surface area contributed by atoms with Gasteiger partial charge in [-0.25, -0.2) is 4.39 Å². The zero-order valence-electron chi connectivity index (χ0n) is 10.9. The van der Waals surface area contributed by atoms with Gasteiger partial charge in [-0.3, -0.25) is 5.10 Å². The maximum atomic E-state index is 13.3. The third-order valence-electron chi connectivity index (χ3n) is 3.00. The molecule has 0 atom stereocenters. The van der Waals surface area contributed by atoms with Crippen LogP contribution in [0.2, 0.25) is 0 Å². The van der Waals surface area contributed by atoms with Crippen molar-refractivity contribution in [3.05, 3.63) is 41.8 Å². The lowest BCUT2D eigenvalue weighted by atomic mass is 10.2. The second-order valence-electron chi connectivity index (χ2n) is 4.57. The molecule has 0 amide bonds. The molecule has 21 heavy (non-hydrogen) atoms. The number of nitrogens with zero attached hydrogens (tertiary/aromatic N) is 5. The summed E-state index contributed by atoms with van der Waals surface area (Å²) in [5, 5.41) is 20.4. The standard InChI is InChI=1S/C13H9FN6S/c1-7-5-10(16-15-7)12-19-20-11(17-18-13(20)21-12)8-3-2-4-9(14)6-8/h2-6H,1H3,(H,15,16). The van der Waals surface area contributed by atoms with Crippen LogP contribution >= 0.6 is 11.3 Å². The smallest absolute Gasteiger partial charge is 0.235 e. The highest BCUT2D eigenvalue weighted by atomic mass is 32.1. The van der Waals surface area contributed by atoms with Gasteiger partial charge in [0.2, 0.25) is 4.96 Å². The van der Waals surface area contributed by atoms with Crippen LogP contribution in [-0.2, 0) is 0 Å². The van der Waals surface area contributed by atoms with Gasteiger partial charge >= 0.3 is 0 Å². The van der Waals surface area contributed by atoms with Crippen LogP contribution in [0.15, 0.2) is 30.3 Å². The van der Waals surface area contributed by atoms with E-state index in [0.29, 0.717) is 16.3 Å². The molecule has 0 saturated carbocycles. The molecule has 3 heterocycles. The largest absolute Gasteiger partial charge is 0.282 e. The van der Waals surface area contributed by atoms with Crippen LogP contribution in [0.4, 0.5) is 4.39 Å². The number of rotatable bonds is 2. The summed E-state index contributed by atoms with van der Waals surface area (Å²) in [4.78, 5) is 0.643. The van der Waals surface area contributed by atoms with Gasteiger partial charge in [-0.05, 0) is 25.1 Å². The van der Waals surface area contributed by atoms with Crippen molar-refractivity contribution in [2.75, 3.05) is 0 Å². The molecular weight excluding hydrogens is 291 g/mol. The number of aromatic nitrogens is 6. The van der Waals surface area contributed by atoms with Gasteiger partial charge in [0, 0.05) is 11.3 Å². The summed E-state index contributed by atoms with van der Waals surface area (Å²) in [6.07, 6.45) is 0. The van der Waals surface area contributed by atoms with E-state index in [1.54, 1.807) is 16.6 Å². The predicted octanol–water partition coefficient (Wildman–Crippen LogP) is 2.69. The molecule has 0 bridgehead atoms. The summed E-state index contributed by atoms with van der Waals surface area (Å²) in [7, 11) is 0. The lowest BCUT2D eigenvalue weighted by molar-refractivity contribution is 0.628. The van der Waals surface area contributed by atoms with Crippen LogP contribution in [0, 0.1) is 12.7 Å². The predicted molar refractivity (Wildman–Crippen MR) is 76.4 cm³/mol. The number of halogens is 1. The number of aromatic amines is 1. The summed E-state index contributed by atoms with van der Waals surface area (Å²) in [6.45, 7) is 1.93. The molecule has 0 spiro atoms. The van der Waals surface area contributed by atoms with Crippen LogP contribution in [0.25, 0.3) is 27.1 Å². The van der Waals surface area contributed by atoms with Crippen molar-refractivity contribution < 1.29 is 4.39 Å². The Morgan fingerprint density at radius 2 is 2.14 bits per heavy atom. The highest BCUT2D eigenvalue weighted by Crippen LogP contribution is 2.27. The van der Waals surface area contributed by atoms with E-state index in [1.165, 1.54) is 23.5 Å². The quantitative estimate of drug-likeness (QED) is 0.618. The molecule has 0 fully saturated rings. The maximum absolute atomic E-state index is 13.3. The highest BCUT2D eigenvalue weighted by molar-refractivity contribution is 7.19. The van der Waals surface area contributed by atoms with Crippen LogP contribution in [0.1, 0.15) is 5.69 Å². The van der Waals surface area contributed by atoms with Crippen molar-refractivity contribution in [3.63, 3.8) is 0 Å². The monoisotopic (exact) mass is 300 g/mol. The van der Waals surface area contributed by atoms with Crippen molar-refractivity contribution in [3.8, 4) is 22.1 Å². The van der Waals surface area contributed by atoms with E-state index < -0.39 is 0 Å². The van der Waals surface area contributed by atoms with E-state index >= 15 is 0 Å². The zero-order chi connectivity index (χ0) is 14.4. The van der Waals surface area contributed by atoms with Crippen molar-refractivity contribution in [1.82, 2.24) is 30.0 Å². The van der Waals surface area contributed by atoms with Crippen LogP contribution in [-0.4, -0.2) is 30.0 Å². The Morgan fingerprint density at radius 1 is 1.24 bits per heavy atom. The van der Waals surface area contributed by atoms with Crippen molar-refractivity contribution in [1.29, 1.82) is 0 Å². The number of fused-ring (bicyclic) bond motifs is 1. The molecule has 0 unspecified atom stereocenters. The second kappa shape index (κ2) is 4.45. The van der Waals surface area contributed by atoms with Crippen molar-refractivity contribution in [2.24, 2.45) is 0 Å². The molecule has 0 aliphatic rings. The fraction of sp³-hybridized carbons (Fsp3) is 0.0769. The number of hydrogen-bond donors (Lipinski definition) is 1. The first kappa shape index (κ1) is 12.2. The molecule has 0 aliphatic carbocycles. The summed E-state index contributed by atoms with van der Waals surface area (Å²) in [5.41, 5.74) is 2.35. The summed E-state index contributed by atoms with van der Waals surface area (Å²) >= 11 is 1.39. The van der Waals surface area contributed by atoms with Gasteiger partial charge < -0.3 is 0 Å². The summed E-state index contributed by atoms with van der Waals surface area (Å²) in [6, 6.07) is 8.12. The minimum absolute atomic E-state index is 0.317. The van der Waals surface area contributed by atoms with E-state index in [4.69, 9.17) is 0 Å². The molecule has 4 aromatic rings. The molecule has 104 valence electrons. The molecular formula is C13H9FN6S. The average molecular weight is 300 g/mol. The van der Waals surface area contributed by atoms with Gasteiger partial charge in [-0.15, -0.1) is 10.2 Å². The Morgan fingerprint density at radius 3 is 2.90 bits per heavy atom. The molecule has 8 heteroatoms. The van der Waals surface area contributed by atoms with Gasteiger partial charge in [0.15, 0.2) is 10.8 Å². The van der Waals surface area contributed by atoms with Gasteiger partial charge in [0.1, 0.15) is 11.5 Å². The van der Waals surface area contributed by atoms with E-state index in [2.05, 4.69) is 25.5 Å². The van der Waals surface area contributed by atoms with E-state index in [9.17, 15) is 4.39 Å². The number of nitrogens with one attached hydrogen (secondary N) is 1. The maximum Gasteiger partial charge on any atom is 0.235 e. The van der Waals surface area contributed by atoms with E-state index in [1.807, 2.05) is 13.0 Å². The Hall–Kier alpha value is -2.61. The number of aryl methyl sites for hydroxylation is 1. The topological polar surface area (TPSA) is 71.8 Å². The first-order valence-electron chi connectivity index (χ1n) is 6.21. The van der Waals surface area contributed by atoms with Gasteiger partial charge in [-0.1, -0.05) is 23.5 Å². The Bertz CT molecular complexity index is 937. The lowest BCUT2D eigenvalue weighted by Gasteiger charge is -1.96. The fourth-order valence-corrected chi connectivity index (χ4v) is 2.86. The second-order valence-corrected chi connectivity index (χ2v) is 5.53. The SMILES string of the molecule is Cc1cc(-c2nn3c(-c4cccc(F)c4)nnc3s2)n[nH]1. The third kappa shape index (κ3) is 2.00. The van der Waals surface area contributed by atoms with Crippen LogP contribution in [0.3, 0.4) is 0 Å². The molecule has 4 rings (SSSR count). The summed E-state index contributed by atoms with van der Waals surface area (Å²) in [5.74, 6) is 0.196. The van der Waals surface area contributed by atoms with Gasteiger partial charge in [0.05, 0.1) is 0 Å². The molecule has 3 aromatic heterocycles. The third-order valence-corrected chi connectivity index (χ3v) is 3.92. The molecule has 1 N–H and O–H groups in total. The first-order chi connectivity index (χ1) is 10.2. The Balaban J connectivity index is 1.86. The average Bonchev–Trinajstić information content (AvgIpc) is 3.12. The van der Waals surface area contributed by atoms with Crippen molar-refractivity contribution >= 4 is 16.3 Å². The lowest BCUT2D eigenvalue weighted by Crippen LogP contribution is -1.91. The zero-order valence-corrected chi connectivity index (χ0v) is 11.7. The molecule has 0 aliphatic heterocycles. The summed E-state index contributed by atoms with van der Waals surface area (Å²) < 4.78 is 15.0. The van der Waals surface area contributed by atoms with E-state index in [-0.39, 0.29) is 5.82 Å². The number of hydrogen-bond acceptors (Lipinski definition) is 5. The Kier molecular flexibility index (Phi) is 2.58. The number of H-pyrrole nitrogens is 1. The van der Waals surface area contributed by atoms with Crippen molar-refractivity contribution in [2.45, 2.75) is 6.92 Å². The van der Waals surface area contributed by atoms with E-state index in [0.717, 1.165) is 16.4 Å². The molecule has 0 saturated heterocycles. The molecule has 1 aromatic carbocycles. The minimum atomic E-state index is -0.317. The number of benzene rings is 1. The molecule has 0 radical (unpaired) electrons. The molecule has 6 nitrogen and oxygen atoms in total. The first-order valence-corrected chi connectivity index (χ1v) is 7.03. The normalized spacial score (nSPS) is 11.3. The van der Waals surface area contributed by atoms with Crippen LogP contribution < -0.4 is 0 Å². The van der Waals surface area contributed by atoms with Gasteiger partial charge in [0.25, 0.3) is 0 Å². The minimum Gasteiger partial charge on any atom is -0.282 e. The highest BCUT2D eigenvalue weighted by Gasteiger charge is 2.16.